The summed E-state index contributed by atoms with van der Waals surface area (Å²) < 4.78 is 18.7. The van der Waals surface area contributed by atoms with E-state index in [0.717, 1.165) is 5.56 Å². The van der Waals surface area contributed by atoms with E-state index in [1.165, 1.54) is 24.5 Å². The Morgan fingerprint density at radius 2 is 2.05 bits per heavy atom. The average Bonchev–Trinajstić information content (AvgIpc) is 2.41. The van der Waals surface area contributed by atoms with Crippen LogP contribution in [0, 0.1) is 5.82 Å². The van der Waals surface area contributed by atoms with E-state index in [1.807, 2.05) is 13.8 Å². The van der Waals surface area contributed by atoms with Crippen molar-refractivity contribution in [3.8, 4) is 11.6 Å². The second-order valence-corrected chi connectivity index (χ2v) is 4.93. The van der Waals surface area contributed by atoms with Gasteiger partial charge in [-0.1, -0.05) is 25.4 Å². The van der Waals surface area contributed by atoms with E-state index < -0.39 is 5.82 Å². The van der Waals surface area contributed by atoms with Gasteiger partial charge in [-0.25, -0.2) is 14.4 Å². The molecule has 20 heavy (non-hydrogen) atoms. The normalized spacial score (nSPS) is 10.7. The first kappa shape index (κ1) is 14.5. The molecule has 0 aliphatic heterocycles. The molecule has 0 amide bonds. The number of halogens is 2. The largest absolute Gasteiger partial charge is 0.437 e. The minimum Gasteiger partial charge on any atom is -0.437 e. The van der Waals surface area contributed by atoms with E-state index in [1.54, 1.807) is 7.05 Å². The maximum absolute atomic E-state index is 13.0. The molecule has 0 aliphatic carbocycles. The molecule has 0 radical (unpaired) electrons. The van der Waals surface area contributed by atoms with Crippen LogP contribution in [0.4, 0.5) is 10.2 Å². The van der Waals surface area contributed by atoms with Crippen molar-refractivity contribution in [1.29, 1.82) is 0 Å². The molecule has 1 N–H and O–H groups in total. The van der Waals surface area contributed by atoms with Crippen LogP contribution in [0.5, 0.6) is 11.6 Å². The maximum atomic E-state index is 13.0. The van der Waals surface area contributed by atoms with Gasteiger partial charge in [0.05, 0.1) is 10.6 Å². The van der Waals surface area contributed by atoms with E-state index in [2.05, 4.69) is 15.3 Å². The van der Waals surface area contributed by atoms with Crippen molar-refractivity contribution in [1.82, 2.24) is 9.97 Å². The summed E-state index contributed by atoms with van der Waals surface area (Å²) in [5, 5.41) is 3.20. The maximum Gasteiger partial charge on any atom is 0.227 e. The molecule has 4 nitrogen and oxygen atoms in total. The zero-order chi connectivity index (χ0) is 14.7. The Bertz CT molecular complexity index is 619. The lowest BCUT2D eigenvalue weighted by Crippen LogP contribution is -2.04. The van der Waals surface area contributed by atoms with Gasteiger partial charge in [-0.3, -0.25) is 0 Å². The lowest BCUT2D eigenvalue weighted by Gasteiger charge is -2.16. The molecular formula is C14H15ClFN3O. The van der Waals surface area contributed by atoms with Crippen molar-refractivity contribution in [2.75, 3.05) is 12.4 Å². The predicted molar refractivity (Wildman–Crippen MR) is 77.2 cm³/mol. The fourth-order valence-electron chi connectivity index (χ4n) is 1.84. The van der Waals surface area contributed by atoms with Crippen molar-refractivity contribution in [3.63, 3.8) is 0 Å². The number of anilines is 1. The number of hydrogen-bond acceptors (Lipinski definition) is 4. The Balaban J connectivity index is 2.43. The lowest BCUT2D eigenvalue weighted by molar-refractivity contribution is 0.450. The molecule has 0 fully saturated rings. The number of ether oxygens (including phenoxy) is 1. The van der Waals surface area contributed by atoms with Crippen LogP contribution in [-0.2, 0) is 0 Å². The fourth-order valence-corrected chi connectivity index (χ4v) is 2.05. The summed E-state index contributed by atoms with van der Waals surface area (Å²) in [5.41, 5.74) is 0.843. The third-order valence-corrected chi connectivity index (χ3v) is 3.06. The number of benzene rings is 1. The Hall–Kier alpha value is -1.88. The Morgan fingerprint density at radius 3 is 2.65 bits per heavy atom. The summed E-state index contributed by atoms with van der Waals surface area (Å²) in [4.78, 5) is 8.30. The first-order chi connectivity index (χ1) is 9.52. The van der Waals surface area contributed by atoms with Crippen LogP contribution >= 0.6 is 11.6 Å². The van der Waals surface area contributed by atoms with Crippen LogP contribution in [0.3, 0.4) is 0 Å². The van der Waals surface area contributed by atoms with Gasteiger partial charge in [-0.15, -0.1) is 0 Å². The van der Waals surface area contributed by atoms with Gasteiger partial charge >= 0.3 is 0 Å². The molecule has 0 atom stereocenters. The number of nitrogens with one attached hydrogen (secondary N) is 1. The number of hydrogen-bond donors (Lipinski definition) is 1. The summed E-state index contributed by atoms with van der Waals surface area (Å²) >= 11 is 5.96. The highest BCUT2D eigenvalue weighted by molar-refractivity contribution is 6.32. The van der Waals surface area contributed by atoms with Gasteiger partial charge in [-0.2, -0.15) is 0 Å². The van der Waals surface area contributed by atoms with E-state index in [-0.39, 0.29) is 10.9 Å². The molecular weight excluding hydrogens is 281 g/mol. The second-order valence-electron chi connectivity index (χ2n) is 4.52. The molecule has 2 aromatic rings. The first-order valence-corrected chi connectivity index (χ1v) is 6.56. The third-order valence-electron chi connectivity index (χ3n) is 2.76. The van der Waals surface area contributed by atoms with Crippen molar-refractivity contribution in [2.45, 2.75) is 19.8 Å². The fraction of sp³-hybridized carbons (Fsp3) is 0.286. The summed E-state index contributed by atoms with van der Waals surface area (Å²) in [6.07, 6.45) is 1.41. The van der Waals surface area contributed by atoms with Crippen molar-refractivity contribution >= 4 is 17.4 Å². The first-order valence-electron chi connectivity index (χ1n) is 6.18. The molecule has 1 heterocycles. The second kappa shape index (κ2) is 6.05. The van der Waals surface area contributed by atoms with Crippen molar-refractivity contribution in [2.24, 2.45) is 0 Å². The summed E-state index contributed by atoms with van der Waals surface area (Å²) in [5.74, 6) is 1.21. The molecule has 2 rings (SSSR count). The van der Waals surface area contributed by atoms with Crippen LogP contribution in [0.15, 0.2) is 24.5 Å². The van der Waals surface area contributed by atoms with E-state index in [4.69, 9.17) is 16.3 Å². The summed E-state index contributed by atoms with van der Waals surface area (Å²) in [6, 6.07) is 3.96. The molecule has 6 heteroatoms. The number of aromatic nitrogens is 2. The molecule has 1 aromatic heterocycles. The van der Waals surface area contributed by atoms with E-state index in [9.17, 15) is 4.39 Å². The molecule has 0 aliphatic rings. The van der Waals surface area contributed by atoms with Crippen LogP contribution < -0.4 is 10.1 Å². The molecule has 1 aromatic carbocycles. The smallest absolute Gasteiger partial charge is 0.227 e. The SMILES string of the molecule is CNc1ncnc(Oc2ccc(F)cc2Cl)c1C(C)C. The van der Waals surface area contributed by atoms with Crippen LogP contribution in [0.1, 0.15) is 25.3 Å². The molecule has 0 bridgehead atoms. The lowest BCUT2D eigenvalue weighted by atomic mass is 10.1. The summed E-state index contributed by atoms with van der Waals surface area (Å²) in [6.45, 7) is 4.03. The van der Waals surface area contributed by atoms with E-state index >= 15 is 0 Å². The quantitative estimate of drug-likeness (QED) is 0.917. The third kappa shape index (κ3) is 2.99. The Labute approximate surface area is 122 Å². The average molecular weight is 296 g/mol. The summed E-state index contributed by atoms with van der Waals surface area (Å²) in [7, 11) is 1.78. The van der Waals surface area contributed by atoms with Crippen LogP contribution in [0.2, 0.25) is 5.02 Å². The Kier molecular flexibility index (Phi) is 4.39. The number of nitrogens with zero attached hydrogens (tertiary/aromatic N) is 2. The highest BCUT2D eigenvalue weighted by Gasteiger charge is 2.17. The molecule has 0 unspecified atom stereocenters. The zero-order valence-electron chi connectivity index (χ0n) is 11.4. The highest BCUT2D eigenvalue weighted by Crippen LogP contribution is 2.35. The Morgan fingerprint density at radius 1 is 1.30 bits per heavy atom. The van der Waals surface area contributed by atoms with Gasteiger partial charge in [0, 0.05) is 7.05 Å². The topological polar surface area (TPSA) is 47.0 Å². The van der Waals surface area contributed by atoms with Gasteiger partial charge in [0.15, 0.2) is 0 Å². The van der Waals surface area contributed by atoms with Crippen LogP contribution in [-0.4, -0.2) is 17.0 Å². The van der Waals surface area contributed by atoms with Crippen molar-refractivity contribution in [3.05, 3.63) is 40.9 Å². The molecule has 106 valence electrons. The molecule has 0 saturated carbocycles. The monoisotopic (exact) mass is 295 g/mol. The predicted octanol–water partition coefficient (Wildman–Crippen LogP) is 4.23. The minimum atomic E-state index is -0.412. The highest BCUT2D eigenvalue weighted by atomic mass is 35.5. The van der Waals surface area contributed by atoms with Gasteiger partial charge in [0.25, 0.3) is 0 Å². The standard InChI is InChI=1S/C14H15ClFN3O/c1-8(2)12-13(17-3)18-7-19-14(12)20-11-5-4-9(16)6-10(11)15/h4-8H,1-3H3,(H,17,18,19). The van der Waals surface area contributed by atoms with Gasteiger partial charge in [-0.05, 0) is 24.1 Å². The minimum absolute atomic E-state index is 0.160. The molecule has 0 spiro atoms. The van der Waals surface area contributed by atoms with Gasteiger partial charge in [0.2, 0.25) is 5.88 Å². The molecule has 0 saturated heterocycles. The zero-order valence-corrected chi connectivity index (χ0v) is 12.2. The van der Waals surface area contributed by atoms with Crippen LogP contribution in [0.25, 0.3) is 0 Å². The van der Waals surface area contributed by atoms with Gasteiger partial charge < -0.3 is 10.1 Å². The van der Waals surface area contributed by atoms with Crippen molar-refractivity contribution < 1.29 is 9.13 Å². The number of rotatable bonds is 4. The van der Waals surface area contributed by atoms with Gasteiger partial charge in [0.1, 0.15) is 23.7 Å². The van der Waals surface area contributed by atoms with E-state index in [0.29, 0.717) is 17.4 Å².